The van der Waals surface area contributed by atoms with Crippen LogP contribution in [-0.2, 0) is 19.4 Å². The topological polar surface area (TPSA) is 52.6 Å². The van der Waals surface area contributed by atoms with E-state index in [2.05, 4.69) is 23.6 Å². The van der Waals surface area contributed by atoms with Crippen LogP contribution in [0.5, 0.6) is 0 Å². The third-order valence-electron chi connectivity index (χ3n) is 2.99. The van der Waals surface area contributed by atoms with E-state index in [0.717, 1.165) is 38.5 Å². The molecule has 0 fully saturated rings. The van der Waals surface area contributed by atoms with Gasteiger partial charge in [0, 0.05) is 0 Å². The summed E-state index contributed by atoms with van der Waals surface area (Å²) in [5, 5.41) is 0. The highest BCUT2D eigenvalue weighted by Gasteiger charge is 2.20. The maximum atomic E-state index is 11.5. The smallest absolute Gasteiger partial charge is 0.247 e. The number of hydrogen-bond acceptors (Lipinski definition) is 4. The lowest BCUT2D eigenvalue weighted by Gasteiger charge is -2.11. The molecule has 0 bridgehead atoms. The minimum Gasteiger partial charge on any atom is -0.247 e. The molecule has 0 aliphatic rings. The van der Waals surface area contributed by atoms with Crippen molar-refractivity contribution >= 4 is 11.9 Å². The first-order valence-electron chi connectivity index (χ1n) is 6.95. The second-order valence-corrected chi connectivity index (χ2v) is 4.89. The first-order chi connectivity index (χ1) is 8.52. The van der Waals surface area contributed by atoms with Crippen LogP contribution in [0, 0.1) is 11.8 Å². The van der Waals surface area contributed by atoms with Crippen LogP contribution in [0.3, 0.4) is 0 Å². The molecule has 2 atom stereocenters. The Morgan fingerprint density at radius 1 is 0.833 bits per heavy atom. The van der Waals surface area contributed by atoms with Crippen LogP contribution in [0.15, 0.2) is 0 Å². The minimum atomic E-state index is -0.459. The van der Waals surface area contributed by atoms with Gasteiger partial charge in [0.05, 0.1) is 11.8 Å². The molecule has 0 aromatic rings. The lowest BCUT2D eigenvalue weighted by molar-refractivity contribution is -0.264. The molecule has 106 valence electrons. The molecular weight excluding hydrogens is 232 g/mol. The molecule has 0 heterocycles. The zero-order chi connectivity index (χ0) is 14.0. The molecule has 0 amide bonds. The molecule has 4 heteroatoms. The van der Waals surface area contributed by atoms with E-state index in [1.54, 1.807) is 13.8 Å². The van der Waals surface area contributed by atoms with Crippen LogP contribution in [0.1, 0.15) is 66.2 Å². The van der Waals surface area contributed by atoms with Crippen molar-refractivity contribution in [3.63, 3.8) is 0 Å². The fourth-order valence-electron chi connectivity index (χ4n) is 1.50. The van der Waals surface area contributed by atoms with Crippen LogP contribution in [-0.4, -0.2) is 11.9 Å². The molecular formula is C14H26O4. The summed E-state index contributed by atoms with van der Waals surface area (Å²) in [4.78, 5) is 32.1. The second kappa shape index (κ2) is 9.92. The molecule has 0 aliphatic carbocycles. The van der Waals surface area contributed by atoms with Crippen LogP contribution in [0.4, 0.5) is 0 Å². The predicted octanol–water partition coefficient (Wildman–Crippen LogP) is 3.64. The van der Waals surface area contributed by atoms with Gasteiger partial charge >= 0.3 is 11.9 Å². The number of hydrogen-bond donors (Lipinski definition) is 0. The maximum Gasteiger partial charge on any atom is 0.358 e. The van der Waals surface area contributed by atoms with Crippen molar-refractivity contribution in [1.82, 2.24) is 0 Å². The fraction of sp³-hybridized carbons (Fsp3) is 0.857. The molecule has 2 unspecified atom stereocenters. The summed E-state index contributed by atoms with van der Waals surface area (Å²) in [5.41, 5.74) is 0. The molecule has 0 N–H and O–H groups in total. The van der Waals surface area contributed by atoms with Gasteiger partial charge in [-0.2, -0.15) is 0 Å². The largest absolute Gasteiger partial charge is 0.358 e. The third-order valence-corrected chi connectivity index (χ3v) is 2.99. The number of carbonyl (C=O) groups is 2. The summed E-state index contributed by atoms with van der Waals surface area (Å²) in [5.74, 6) is -1.36. The van der Waals surface area contributed by atoms with Crippen LogP contribution in [0.25, 0.3) is 0 Å². The van der Waals surface area contributed by atoms with Crippen molar-refractivity contribution in [2.45, 2.75) is 66.2 Å². The number of rotatable bonds is 8. The Morgan fingerprint density at radius 3 is 1.44 bits per heavy atom. The monoisotopic (exact) mass is 258 g/mol. The van der Waals surface area contributed by atoms with Crippen molar-refractivity contribution in [2.24, 2.45) is 11.8 Å². The van der Waals surface area contributed by atoms with E-state index in [9.17, 15) is 9.59 Å². The van der Waals surface area contributed by atoms with Gasteiger partial charge in [-0.3, -0.25) is 0 Å². The standard InChI is InChI=1S/C14H26O4/c1-5-7-9-11(3)13(15)17-18-14(16)12(4)10-8-6-2/h11-12H,5-10H2,1-4H3. The lowest BCUT2D eigenvalue weighted by Crippen LogP contribution is -2.21. The van der Waals surface area contributed by atoms with E-state index in [-0.39, 0.29) is 11.8 Å². The number of carbonyl (C=O) groups excluding carboxylic acids is 2. The van der Waals surface area contributed by atoms with Crippen LogP contribution < -0.4 is 0 Å². The summed E-state index contributed by atoms with van der Waals surface area (Å²) in [6.07, 6.45) is 5.53. The van der Waals surface area contributed by atoms with Crippen molar-refractivity contribution < 1.29 is 19.4 Å². The first-order valence-corrected chi connectivity index (χ1v) is 6.95. The zero-order valence-corrected chi connectivity index (χ0v) is 12.0. The molecule has 4 nitrogen and oxygen atoms in total. The van der Waals surface area contributed by atoms with Crippen LogP contribution in [0.2, 0.25) is 0 Å². The molecule has 0 spiro atoms. The van der Waals surface area contributed by atoms with E-state index in [1.807, 2.05) is 0 Å². The third kappa shape index (κ3) is 7.30. The Bertz CT molecular complexity index is 224. The molecule has 18 heavy (non-hydrogen) atoms. The van der Waals surface area contributed by atoms with Gasteiger partial charge in [0.2, 0.25) is 0 Å². The average molecular weight is 258 g/mol. The second-order valence-electron chi connectivity index (χ2n) is 4.89. The van der Waals surface area contributed by atoms with Gasteiger partial charge in [-0.15, -0.1) is 0 Å². The molecule has 0 aliphatic heterocycles. The van der Waals surface area contributed by atoms with Gasteiger partial charge in [-0.05, 0) is 12.8 Å². The van der Waals surface area contributed by atoms with Gasteiger partial charge in [0.1, 0.15) is 0 Å². The predicted molar refractivity (Wildman–Crippen MR) is 69.6 cm³/mol. The summed E-state index contributed by atoms with van der Waals surface area (Å²) < 4.78 is 0. The van der Waals surface area contributed by atoms with E-state index in [0.29, 0.717) is 0 Å². The van der Waals surface area contributed by atoms with Crippen molar-refractivity contribution in [1.29, 1.82) is 0 Å². The van der Waals surface area contributed by atoms with E-state index in [1.165, 1.54) is 0 Å². The van der Waals surface area contributed by atoms with Crippen molar-refractivity contribution in [2.75, 3.05) is 0 Å². The highest BCUT2D eigenvalue weighted by molar-refractivity contribution is 5.75. The quantitative estimate of drug-likeness (QED) is 0.492. The minimum absolute atomic E-state index is 0.219. The van der Waals surface area contributed by atoms with Gasteiger partial charge in [0.25, 0.3) is 0 Å². The highest BCUT2D eigenvalue weighted by Crippen LogP contribution is 2.12. The zero-order valence-electron chi connectivity index (χ0n) is 12.0. The van der Waals surface area contributed by atoms with Crippen molar-refractivity contribution in [3.05, 3.63) is 0 Å². The van der Waals surface area contributed by atoms with Gasteiger partial charge < -0.3 is 0 Å². The Balaban J connectivity index is 3.86. The molecule has 0 saturated heterocycles. The molecule has 0 aromatic heterocycles. The van der Waals surface area contributed by atoms with Gasteiger partial charge in [-0.1, -0.05) is 53.4 Å². The lowest BCUT2D eigenvalue weighted by atomic mass is 10.1. The summed E-state index contributed by atoms with van der Waals surface area (Å²) in [6, 6.07) is 0. The first kappa shape index (κ1) is 16.9. The summed E-state index contributed by atoms with van der Waals surface area (Å²) in [6.45, 7) is 7.69. The maximum absolute atomic E-state index is 11.5. The molecule has 0 radical (unpaired) electrons. The fourth-order valence-corrected chi connectivity index (χ4v) is 1.50. The normalized spacial score (nSPS) is 13.8. The van der Waals surface area contributed by atoms with E-state index >= 15 is 0 Å². The van der Waals surface area contributed by atoms with E-state index < -0.39 is 11.9 Å². The van der Waals surface area contributed by atoms with Gasteiger partial charge in [-0.25, -0.2) is 19.4 Å². The number of unbranched alkanes of at least 4 members (excludes halogenated alkanes) is 2. The Kier molecular flexibility index (Phi) is 9.33. The Hall–Kier alpha value is -1.06. The molecule has 0 rings (SSSR count). The SMILES string of the molecule is CCCCC(C)C(=O)OOC(=O)C(C)CCCC. The highest BCUT2D eigenvalue weighted by atomic mass is 17.2. The van der Waals surface area contributed by atoms with Crippen molar-refractivity contribution in [3.8, 4) is 0 Å². The Labute approximate surface area is 110 Å². The van der Waals surface area contributed by atoms with Crippen LogP contribution >= 0.6 is 0 Å². The summed E-state index contributed by atoms with van der Waals surface area (Å²) in [7, 11) is 0. The average Bonchev–Trinajstić information content (AvgIpc) is 2.38. The summed E-state index contributed by atoms with van der Waals surface area (Å²) >= 11 is 0. The van der Waals surface area contributed by atoms with E-state index in [4.69, 9.17) is 0 Å². The molecule has 0 saturated carbocycles. The Morgan fingerprint density at radius 2 is 1.17 bits per heavy atom. The van der Waals surface area contributed by atoms with Gasteiger partial charge in [0.15, 0.2) is 0 Å². The molecule has 0 aromatic carbocycles.